The van der Waals surface area contributed by atoms with E-state index in [9.17, 15) is 4.79 Å². The molecule has 2 aromatic carbocycles. The van der Waals surface area contributed by atoms with Gasteiger partial charge in [0.2, 0.25) is 5.91 Å². The fourth-order valence-electron chi connectivity index (χ4n) is 2.96. The zero-order valence-corrected chi connectivity index (χ0v) is 17.6. The SMILES string of the molecule is Nc1ccc(-c2cccnc2)cc1NC(=O)CCc1cn(-c2ccc(Br)cc2)nn1. The largest absolute Gasteiger partial charge is 0.397 e. The second-order valence-electron chi connectivity index (χ2n) is 6.72. The lowest BCUT2D eigenvalue weighted by molar-refractivity contribution is -0.116. The Morgan fingerprint density at radius 2 is 1.93 bits per heavy atom. The van der Waals surface area contributed by atoms with Gasteiger partial charge in [-0.1, -0.05) is 33.3 Å². The van der Waals surface area contributed by atoms with Crippen LogP contribution in [0.15, 0.2) is 77.7 Å². The van der Waals surface area contributed by atoms with E-state index in [1.807, 2.05) is 54.7 Å². The molecule has 8 heteroatoms. The smallest absolute Gasteiger partial charge is 0.224 e. The standard InChI is InChI=1S/C22H19BrN6O/c23-17-4-7-19(8-5-17)29-14-18(27-28-29)6-10-22(30)26-21-12-15(3-9-20(21)24)16-2-1-11-25-13-16/h1-5,7-9,11-14H,6,10,24H2,(H,26,30). The first-order valence-corrected chi connectivity index (χ1v) is 10.1. The first-order valence-electron chi connectivity index (χ1n) is 9.35. The number of nitrogens with two attached hydrogens (primary N) is 1. The van der Waals surface area contributed by atoms with E-state index in [0.29, 0.717) is 17.8 Å². The summed E-state index contributed by atoms with van der Waals surface area (Å²) in [7, 11) is 0. The molecule has 0 aliphatic carbocycles. The number of halogens is 1. The normalized spacial score (nSPS) is 10.7. The molecule has 30 heavy (non-hydrogen) atoms. The van der Waals surface area contributed by atoms with E-state index in [1.165, 1.54) is 0 Å². The summed E-state index contributed by atoms with van der Waals surface area (Å²) < 4.78 is 2.69. The minimum absolute atomic E-state index is 0.136. The predicted octanol–water partition coefficient (Wildman–Crippen LogP) is 4.25. The molecule has 0 radical (unpaired) electrons. The number of hydrogen-bond donors (Lipinski definition) is 2. The van der Waals surface area contributed by atoms with E-state index >= 15 is 0 Å². The molecule has 3 N–H and O–H groups in total. The van der Waals surface area contributed by atoms with E-state index in [1.54, 1.807) is 23.1 Å². The second kappa shape index (κ2) is 8.87. The number of benzene rings is 2. The molecule has 1 amide bonds. The highest BCUT2D eigenvalue weighted by Crippen LogP contribution is 2.27. The number of carbonyl (C=O) groups excluding carboxylic acids is 1. The van der Waals surface area contributed by atoms with Crippen LogP contribution in [-0.2, 0) is 11.2 Å². The van der Waals surface area contributed by atoms with Gasteiger partial charge in [0.05, 0.1) is 29.0 Å². The molecule has 0 spiro atoms. The molecule has 0 unspecified atom stereocenters. The minimum atomic E-state index is -0.136. The maximum atomic E-state index is 12.5. The van der Waals surface area contributed by atoms with Gasteiger partial charge >= 0.3 is 0 Å². The van der Waals surface area contributed by atoms with Gasteiger partial charge in [-0.2, -0.15) is 0 Å². The van der Waals surface area contributed by atoms with Gasteiger partial charge in [0, 0.05) is 35.3 Å². The highest BCUT2D eigenvalue weighted by Gasteiger charge is 2.10. The van der Waals surface area contributed by atoms with Crippen molar-refractivity contribution in [3.05, 3.63) is 83.4 Å². The van der Waals surface area contributed by atoms with Gasteiger partial charge < -0.3 is 11.1 Å². The number of nitrogens with zero attached hydrogens (tertiary/aromatic N) is 4. The van der Waals surface area contributed by atoms with Crippen LogP contribution in [-0.4, -0.2) is 25.9 Å². The van der Waals surface area contributed by atoms with Crippen molar-refractivity contribution in [2.24, 2.45) is 0 Å². The predicted molar refractivity (Wildman–Crippen MR) is 120 cm³/mol. The Hall–Kier alpha value is -3.52. The maximum Gasteiger partial charge on any atom is 0.224 e. The quantitative estimate of drug-likeness (QED) is 0.417. The molecular formula is C22H19BrN6O. The number of rotatable bonds is 6. The third-order valence-corrected chi connectivity index (χ3v) is 5.09. The Labute approximate surface area is 182 Å². The van der Waals surface area contributed by atoms with Gasteiger partial charge in [-0.3, -0.25) is 9.78 Å². The topological polar surface area (TPSA) is 98.7 Å². The van der Waals surface area contributed by atoms with E-state index in [2.05, 4.69) is 36.5 Å². The average molecular weight is 463 g/mol. The van der Waals surface area contributed by atoms with Crippen LogP contribution in [0.5, 0.6) is 0 Å². The van der Waals surface area contributed by atoms with Crippen LogP contribution >= 0.6 is 15.9 Å². The van der Waals surface area contributed by atoms with Crippen molar-refractivity contribution in [2.45, 2.75) is 12.8 Å². The van der Waals surface area contributed by atoms with Crippen LogP contribution < -0.4 is 11.1 Å². The summed E-state index contributed by atoms with van der Waals surface area (Å²) in [5.41, 5.74) is 10.7. The number of pyridine rings is 1. The highest BCUT2D eigenvalue weighted by molar-refractivity contribution is 9.10. The molecule has 0 saturated carbocycles. The molecule has 7 nitrogen and oxygen atoms in total. The average Bonchev–Trinajstić information content (AvgIpc) is 3.24. The molecule has 0 saturated heterocycles. The van der Waals surface area contributed by atoms with Crippen molar-refractivity contribution in [3.8, 4) is 16.8 Å². The number of carbonyl (C=O) groups is 1. The molecule has 0 aliphatic heterocycles. The van der Waals surface area contributed by atoms with Gasteiger partial charge in [-0.05, 0) is 48.0 Å². The lowest BCUT2D eigenvalue weighted by atomic mass is 10.1. The number of amides is 1. The van der Waals surface area contributed by atoms with Crippen molar-refractivity contribution < 1.29 is 4.79 Å². The maximum absolute atomic E-state index is 12.5. The third kappa shape index (κ3) is 4.72. The number of nitrogen functional groups attached to an aromatic ring is 1. The van der Waals surface area contributed by atoms with Gasteiger partial charge in [-0.15, -0.1) is 5.10 Å². The fourth-order valence-corrected chi connectivity index (χ4v) is 3.23. The zero-order chi connectivity index (χ0) is 20.9. The van der Waals surface area contributed by atoms with Crippen LogP contribution in [0, 0.1) is 0 Å². The number of aromatic nitrogens is 4. The Balaban J connectivity index is 1.39. The Kier molecular flexibility index (Phi) is 5.85. The monoisotopic (exact) mass is 462 g/mol. The molecule has 4 aromatic rings. The summed E-state index contributed by atoms with van der Waals surface area (Å²) in [6, 6.07) is 17.1. The Morgan fingerprint density at radius 1 is 1.10 bits per heavy atom. The zero-order valence-electron chi connectivity index (χ0n) is 16.0. The third-order valence-electron chi connectivity index (χ3n) is 4.56. The van der Waals surface area contributed by atoms with E-state index in [0.717, 1.165) is 27.0 Å². The second-order valence-corrected chi connectivity index (χ2v) is 7.64. The summed E-state index contributed by atoms with van der Waals surface area (Å²) in [6.45, 7) is 0. The summed E-state index contributed by atoms with van der Waals surface area (Å²) in [5, 5.41) is 11.2. The number of anilines is 2. The molecule has 0 atom stereocenters. The lowest BCUT2D eigenvalue weighted by Crippen LogP contribution is -2.13. The summed E-state index contributed by atoms with van der Waals surface area (Å²) in [4.78, 5) is 16.6. The molecule has 0 aliphatic rings. The highest BCUT2D eigenvalue weighted by atomic mass is 79.9. The van der Waals surface area contributed by atoms with Crippen molar-refractivity contribution in [1.82, 2.24) is 20.0 Å². The lowest BCUT2D eigenvalue weighted by Gasteiger charge is -2.10. The van der Waals surface area contributed by atoms with Crippen molar-refractivity contribution in [3.63, 3.8) is 0 Å². The summed E-state index contributed by atoms with van der Waals surface area (Å²) in [6.07, 6.45) is 6.07. The molecule has 4 rings (SSSR count). The first kappa shape index (κ1) is 19.8. The van der Waals surface area contributed by atoms with Crippen molar-refractivity contribution in [2.75, 3.05) is 11.1 Å². The number of hydrogen-bond acceptors (Lipinski definition) is 5. The van der Waals surface area contributed by atoms with E-state index < -0.39 is 0 Å². The molecule has 2 aromatic heterocycles. The number of nitrogens with one attached hydrogen (secondary N) is 1. The van der Waals surface area contributed by atoms with Crippen LogP contribution in [0.2, 0.25) is 0 Å². The van der Waals surface area contributed by atoms with Gasteiger partial charge in [-0.25, -0.2) is 4.68 Å². The minimum Gasteiger partial charge on any atom is -0.397 e. The molecule has 0 bridgehead atoms. The Bertz CT molecular complexity index is 1160. The molecule has 0 fully saturated rings. The summed E-state index contributed by atoms with van der Waals surface area (Å²) >= 11 is 3.41. The Morgan fingerprint density at radius 3 is 2.70 bits per heavy atom. The van der Waals surface area contributed by atoms with Crippen LogP contribution in [0.3, 0.4) is 0 Å². The van der Waals surface area contributed by atoms with Crippen LogP contribution in [0.1, 0.15) is 12.1 Å². The molecule has 2 heterocycles. The van der Waals surface area contributed by atoms with Crippen molar-refractivity contribution in [1.29, 1.82) is 0 Å². The van der Waals surface area contributed by atoms with Gasteiger partial charge in [0.25, 0.3) is 0 Å². The fraction of sp³-hybridized carbons (Fsp3) is 0.0909. The van der Waals surface area contributed by atoms with E-state index in [-0.39, 0.29) is 12.3 Å². The first-order chi connectivity index (χ1) is 14.6. The van der Waals surface area contributed by atoms with Gasteiger partial charge in [0.15, 0.2) is 0 Å². The van der Waals surface area contributed by atoms with Crippen molar-refractivity contribution >= 4 is 33.2 Å². The van der Waals surface area contributed by atoms with Crippen LogP contribution in [0.25, 0.3) is 16.8 Å². The molecular weight excluding hydrogens is 444 g/mol. The van der Waals surface area contributed by atoms with E-state index in [4.69, 9.17) is 5.73 Å². The van der Waals surface area contributed by atoms with Gasteiger partial charge in [0.1, 0.15) is 0 Å². The summed E-state index contributed by atoms with van der Waals surface area (Å²) in [5.74, 6) is -0.136. The molecule has 150 valence electrons. The number of aryl methyl sites for hydroxylation is 1. The van der Waals surface area contributed by atoms with Crippen LogP contribution in [0.4, 0.5) is 11.4 Å².